The summed E-state index contributed by atoms with van der Waals surface area (Å²) in [5.74, 6) is 0.0316. The van der Waals surface area contributed by atoms with E-state index in [9.17, 15) is 9.90 Å². The van der Waals surface area contributed by atoms with Crippen LogP contribution < -0.4 is 4.74 Å². The third-order valence-corrected chi connectivity index (χ3v) is 4.16. The first-order valence-corrected chi connectivity index (χ1v) is 6.80. The van der Waals surface area contributed by atoms with Crippen molar-refractivity contribution in [3.8, 4) is 5.75 Å². The highest BCUT2D eigenvalue weighted by Gasteiger charge is 2.41. The van der Waals surface area contributed by atoms with Crippen LogP contribution in [0.1, 0.15) is 29.7 Å². The van der Waals surface area contributed by atoms with E-state index in [1.165, 1.54) is 0 Å². The maximum Gasteiger partial charge on any atom is 0.310 e. The molecule has 110 valence electrons. The van der Waals surface area contributed by atoms with Gasteiger partial charge in [0.15, 0.2) is 0 Å². The summed E-state index contributed by atoms with van der Waals surface area (Å²) in [6.07, 6.45) is 3.23. The molecule has 0 amide bonds. The average Bonchev–Trinajstić information content (AvgIpc) is 2.43. The van der Waals surface area contributed by atoms with Crippen molar-refractivity contribution < 1.29 is 19.4 Å². The van der Waals surface area contributed by atoms with Crippen molar-refractivity contribution in [3.63, 3.8) is 0 Å². The molecule has 0 unspecified atom stereocenters. The van der Waals surface area contributed by atoms with E-state index in [0.29, 0.717) is 32.5 Å². The summed E-state index contributed by atoms with van der Waals surface area (Å²) in [4.78, 5) is 16.1. The van der Waals surface area contributed by atoms with Gasteiger partial charge in [0.05, 0.1) is 12.5 Å². The van der Waals surface area contributed by atoms with Gasteiger partial charge in [-0.05, 0) is 26.7 Å². The number of aryl methyl sites for hydroxylation is 1. The van der Waals surface area contributed by atoms with Crippen molar-refractivity contribution in [1.29, 1.82) is 0 Å². The Labute approximate surface area is 118 Å². The minimum absolute atomic E-state index is 0.425. The van der Waals surface area contributed by atoms with Crippen molar-refractivity contribution in [2.24, 2.45) is 5.41 Å². The highest BCUT2D eigenvalue weighted by molar-refractivity contribution is 5.75. The molecule has 1 aliphatic heterocycles. The molecule has 5 nitrogen and oxygen atoms in total. The Bertz CT molecular complexity index is 507. The van der Waals surface area contributed by atoms with Gasteiger partial charge in [-0.15, -0.1) is 0 Å². The Morgan fingerprint density at radius 2 is 2.10 bits per heavy atom. The maximum absolute atomic E-state index is 11.7. The van der Waals surface area contributed by atoms with Crippen molar-refractivity contribution >= 4 is 5.97 Å². The van der Waals surface area contributed by atoms with Crippen LogP contribution in [-0.4, -0.2) is 36.4 Å². The monoisotopic (exact) mass is 279 g/mol. The Hall–Kier alpha value is -1.62. The number of aliphatic carboxylic acids is 1. The Balaban J connectivity index is 2.34. The van der Waals surface area contributed by atoms with Crippen molar-refractivity contribution in [2.75, 3.05) is 20.3 Å². The third kappa shape index (κ3) is 2.63. The van der Waals surface area contributed by atoms with Gasteiger partial charge < -0.3 is 14.6 Å². The molecular formula is C15H21NO4. The first-order chi connectivity index (χ1) is 9.50. The van der Waals surface area contributed by atoms with Crippen molar-refractivity contribution in [3.05, 3.63) is 23.0 Å². The molecule has 0 aliphatic carbocycles. The first-order valence-electron chi connectivity index (χ1n) is 6.80. The van der Waals surface area contributed by atoms with E-state index in [1.807, 2.05) is 13.8 Å². The fourth-order valence-electron chi connectivity index (χ4n) is 2.80. The lowest BCUT2D eigenvalue weighted by atomic mass is 9.75. The molecule has 1 aromatic rings. The number of hydrogen-bond donors (Lipinski definition) is 1. The van der Waals surface area contributed by atoms with Crippen molar-refractivity contribution in [1.82, 2.24) is 4.98 Å². The molecule has 1 aliphatic rings. The second-order valence-electron chi connectivity index (χ2n) is 5.42. The fourth-order valence-corrected chi connectivity index (χ4v) is 2.80. The molecule has 1 saturated heterocycles. The number of carboxylic acids is 1. The third-order valence-electron chi connectivity index (χ3n) is 4.16. The highest BCUT2D eigenvalue weighted by Crippen LogP contribution is 2.36. The number of hydrogen-bond acceptors (Lipinski definition) is 4. The minimum Gasteiger partial charge on any atom is -0.496 e. The van der Waals surface area contributed by atoms with Crippen LogP contribution in [0.3, 0.4) is 0 Å². The second kappa shape index (κ2) is 5.79. The number of carboxylic acid groups (broad SMARTS) is 1. The van der Waals surface area contributed by atoms with Gasteiger partial charge >= 0.3 is 5.97 Å². The molecule has 0 atom stereocenters. The molecule has 1 aromatic heterocycles. The number of methoxy groups -OCH3 is 1. The topological polar surface area (TPSA) is 68.7 Å². The Kier molecular flexibility index (Phi) is 4.28. The molecule has 1 N–H and O–H groups in total. The van der Waals surface area contributed by atoms with Gasteiger partial charge in [-0.3, -0.25) is 9.78 Å². The number of pyridine rings is 1. The molecular weight excluding hydrogens is 258 g/mol. The van der Waals surface area contributed by atoms with Gasteiger partial charge in [-0.2, -0.15) is 0 Å². The summed E-state index contributed by atoms with van der Waals surface area (Å²) in [6, 6.07) is 0. The largest absolute Gasteiger partial charge is 0.496 e. The second-order valence-corrected chi connectivity index (χ2v) is 5.42. The van der Waals surface area contributed by atoms with E-state index in [0.717, 1.165) is 22.6 Å². The lowest BCUT2D eigenvalue weighted by Crippen LogP contribution is -2.39. The van der Waals surface area contributed by atoms with Crippen LogP contribution in [0.2, 0.25) is 0 Å². The van der Waals surface area contributed by atoms with E-state index >= 15 is 0 Å². The van der Waals surface area contributed by atoms with Gasteiger partial charge in [0.1, 0.15) is 5.75 Å². The van der Waals surface area contributed by atoms with Gasteiger partial charge in [0.25, 0.3) is 0 Å². The summed E-state index contributed by atoms with van der Waals surface area (Å²) in [6.45, 7) is 4.86. The number of ether oxygens (including phenoxy) is 2. The highest BCUT2D eigenvalue weighted by atomic mass is 16.5. The summed E-state index contributed by atoms with van der Waals surface area (Å²) in [5.41, 5.74) is 1.93. The van der Waals surface area contributed by atoms with Crippen LogP contribution in [0.5, 0.6) is 5.75 Å². The quantitative estimate of drug-likeness (QED) is 0.914. The fraction of sp³-hybridized carbons (Fsp3) is 0.600. The van der Waals surface area contributed by atoms with E-state index in [1.54, 1.807) is 13.3 Å². The summed E-state index contributed by atoms with van der Waals surface area (Å²) in [5, 5.41) is 9.61. The van der Waals surface area contributed by atoms with E-state index in [-0.39, 0.29) is 0 Å². The number of rotatable bonds is 4. The van der Waals surface area contributed by atoms with Gasteiger partial charge in [-0.25, -0.2) is 0 Å². The molecule has 5 heteroatoms. The molecule has 20 heavy (non-hydrogen) atoms. The summed E-state index contributed by atoms with van der Waals surface area (Å²) in [7, 11) is 1.63. The van der Waals surface area contributed by atoms with E-state index in [4.69, 9.17) is 9.47 Å². The normalized spacial score (nSPS) is 17.8. The Morgan fingerprint density at radius 1 is 1.45 bits per heavy atom. The minimum atomic E-state index is -0.768. The van der Waals surface area contributed by atoms with Crippen LogP contribution in [0, 0.1) is 19.3 Å². The number of carbonyl (C=O) groups is 1. The Morgan fingerprint density at radius 3 is 2.65 bits per heavy atom. The first kappa shape index (κ1) is 14.8. The standard InChI is InChI=1S/C15H21NO4/c1-10-9-16-12(11(2)13(10)19-3)8-15(14(17)18)4-6-20-7-5-15/h9H,4-8H2,1-3H3,(H,17,18). The van der Waals surface area contributed by atoms with E-state index in [2.05, 4.69) is 4.98 Å². The smallest absolute Gasteiger partial charge is 0.310 e. The van der Waals surface area contributed by atoms with Crippen LogP contribution in [0.25, 0.3) is 0 Å². The van der Waals surface area contributed by atoms with Crippen LogP contribution in [0.15, 0.2) is 6.20 Å². The lowest BCUT2D eigenvalue weighted by Gasteiger charge is -2.33. The SMILES string of the molecule is COc1c(C)cnc(CC2(C(=O)O)CCOCC2)c1C. The zero-order valence-corrected chi connectivity index (χ0v) is 12.2. The van der Waals surface area contributed by atoms with Crippen LogP contribution >= 0.6 is 0 Å². The van der Waals surface area contributed by atoms with Gasteiger partial charge in [0, 0.05) is 42.7 Å². The average molecular weight is 279 g/mol. The zero-order valence-electron chi connectivity index (χ0n) is 12.2. The molecule has 2 rings (SSSR count). The molecule has 0 bridgehead atoms. The molecule has 1 fully saturated rings. The predicted octanol–water partition coefficient (Wildman–Crippen LogP) is 2.13. The number of aromatic nitrogens is 1. The van der Waals surface area contributed by atoms with Crippen LogP contribution in [-0.2, 0) is 16.0 Å². The molecule has 0 spiro atoms. The number of nitrogens with zero attached hydrogens (tertiary/aromatic N) is 1. The molecule has 0 aromatic carbocycles. The molecule has 0 radical (unpaired) electrons. The maximum atomic E-state index is 11.7. The zero-order chi connectivity index (χ0) is 14.8. The van der Waals surface area contributed by atoms with Crippen LogP contribution in [0.4, 0.5) is 0 Å². The van der Waals surface area contributed by atoms with Gasteiger partial charge in [0.2, 0.25) is 0 Å². The molecule has 2 heterocycles. The van der Waals surface area contributed by atoms with E-state index < -0.39 is 11.4 Å². The summed E-state index contributed by atoms with van der Waals surface area (Å²) >= 11 is 0. The van der Waals surface area contributed by atoms with Crippen molar-refractivity contribution in [2.45, 2.75) is 33.1 Å². The van der Waals surface area contributed by atoms with Gasteiger partial charge in [-0.1, -0.05) is 0 Å². The lowest BCUT2D eigenvalue weighted by molar-refractivity contribution is -0.154. The predicted molar refractivity (Wildman–Crippen MR) is 74.1 cm³/mol. The molecule has 0 saturated carbocycles. The summed E-state index contributed by atoms with van der Waals surface area (Å²) < 4.78 is 10.7.